The van der Waals surface area contributed by atoms with E-state index in [1.54, 1.807) is 30.3 Å². The molecule has 1 aromatic carbocycles. The summed E-state index contributed by atoms with van der Waals surface area (Å²) in [5.74, 6) is 0.609. The molecule has 1 heterocycles. The second-order valence-electron chi connectivity index (χ2n) is 3.69. The second kappa shape index (κ2) is 5.28. The Hall–Kier alpha value is -1.73. The Morgan fingerprint density at radius 3 is 2.56 bits per heavy atom. The molecule has 96 valence electrons. The van der Waals surface area contributed by atoms with Crippen LogP contribution in [-0.4, -0.2) is 24.3 Å². The van der Waals surface area contributed by atoms with Gasteiger partial charge in [0.25, 0.3) is 0 Å². The highest BCUT2D eigenvalue weighted by atomic mass is 32.2. The van der Waals surface area contributed by atoms with Crippen molar-refractivity contribution in [3.8, 4) is 0 Å². The highest BCUT2D eigenvalue weighted by Crippen LogP contribution is 2.11. The molecule has 0 atom stereocenters. The minimum Gasteiger partial charge on any atom is -0.338 e. The van der Waals surface area contributed by atoms with Crippen molar-refractivity contribution in [3.63, 3.8) is 0 Å². The van der Waals surface area contributed by atoms with E-state index in [0.29, 0.717) is 16.6 Å². The van der Waals surface area contributed by atoms with Crippen molar-refractivity contribution in [1.82, 2.24) is 10.1 Å². The number of nitrogens with two attached hydrogens (primary N) is 1. The minimum atomic E-state index is -3.31. The quantitative estimate of drug-likeness (QED) is 0.849. The summed E-state index contributed by atoms with van der Waals surface area (Å²) in [6.45, 7) is 0.151. The zero-order chi connectivity index (χ0) is 13.0. The number of aromatic nitrogens is 2. The predicted octanol–water partition coefficient (Wildman–Crippen LogP) is 0.545. The zero-order valence-corrected chi connectivity index (χ0v) is 10.4. The normalized spacial score (nSPS) is 11.6. The number of benzene rings is 1. The average molecular weight is 267 g/mol. The topological polar surface area (TPSA) is 99.1 Å². The highest BCUT2D eigenvalue weighted by Gasteiger charge is 2.15. The maximum Gasteiger partial charge on any atom is 0.240 e. The molecule has 2 N–H and O–H groups in total. The van der Waals surface area contributed by atoms with Crippen LogP contribution in [0.3, 0.4) is 0 Å². The molecule has 0 aliphatic carbocycles. The molecule has 0 unspecified atom stereocenters. The van der Waals surface area contributed by atoms with Gasteiger partial charge in [-0.2, -0.15) is 4.98 Å². The van der Waals surface area contributed by atoms with Gasteiger partial charge in [0, 0.05) is 6.42 Å². The molecule has 0 aliphatic heterocycles. The van der Waals surface area contributed by atoms with Crippen LogP contribution in [0.1, 0.15) is 11.7 Å². The fraction of sp³-hybridized carbons (Fsp3) is 0.273. The Balaban J connectivity index is 2.06. The van der Waals surface area contributed by atoms with Crippen LogP contribution >= 0.6 is 0 Å². The first-order chi connectivity index (χ1) is 8.62. The lowest BCUT2D eigenvalue weighted by Gasteiger charge is -2.01. The van der Waals surface area contributed by atoms with Gasteiger partial charge < -0.3 is 10.3 Å². The number of sulfone groups is 1. The molecule has 0 amide bonds. The second-order valence-corrected chi connectivity index (χ2v) is 5.80. The summed E-state index contributed by atoms with van der Waals surface area (Å²) >= 11 is 0. The molecular formula is C11H13N3O3S. The van der Waals surface area contributed by atoms with Crippen LogP contribution in [0.5, 0.6) is 0 Å². The lowest BCUT2D eigenvalue weighted by Crippen LogP contribution is -2.10. The lowest BCUT2D eigenvalue weighted by atomic mass is 10.4. The van der Waals surface area contributed by atoms with Gasteiger partial charge in [0.1, 0.15) is 0 Å². The average Bonchev–Trinajstić information content (AvgIpc) is 2.86. The van der Waals surface area contributed by atoms with Crippen LogP contribution in [0.25, 0.3) is 0 Å². The Morgan fingerprint density at radius 2 is 1.94 bits per heavy atom. The molecule has 2 rings (SSSR count). The summed E-state index contributed by atoms with van der Waals surface area (Å²) in [6.07, 6.45) is 0.209. The lowest BCUT2D eigenvalue weighted by molar-refractivity contribution is 0.375. The summed E-state index contributed by atoms with van der Waals surface area (Å²) in [6, 6.07) is 8.28. The van der Waals surface area contributed by atoms with Gasteiger partial charge in [-0.15, -0.1) is 0 Å². The maximum atomic E-state index is 12.0. The van der Waals surface area contributed by atoms with Crippen molar-refractivity contribution in [2.24, 2.45) is 5.73 Å². The molecular weight excluding hydrogens is 254 g/mol. The van der Waals surface area contributed by atoms with E-state index >= 15 is 0 Å². The van der Waals surface area contributed by atoms with Crippen LogP contribution in [0.15, 0.2) is 39.8 Å². The van der Waals surface area contributed by atoms with Gasteiger partial charge in [0.05, 0.1) is 17.2 Å². The number of aryl methyl sites for hydroxylation is 1. The largest absolute Gasteiger partial charge is 0.338 e. The van der Waals surface area contributed by atoms with Gasteiger partial charge in [0.2, 0.25) is 5.89 Å². The van der Waals surface area contributed by atoms with Crippen LogP contribution in [0.4, 0.5) is 0 Å². The first-order valence-electron chi connectivity index (χ1n) is 5.41. The van der Waals surface area contributed by atoms with E-state index in [2.05, 4.69) is 10.1 Å². The number of nitrogens with zero attached hydrogens (tertiary/aromatic N) is 2. The number of hydrogen-bond acceptors (Lipinski definition) is 6. The Kier molecular flexibility index (Phi) is 3.73. The Morgan fingerprint density at radius 1 is 1.22 bits per heavy atom. The fourth-order valence-electron chi connectivity index (χ4n) is 1.45. The summed E-state index contributed by atoms with van der Waals surface area (Å²) < 4.78 is 28.7. The summed E-state index contributed by atoms with van der Waals surface area (Å²) in [5, 5.41) is 3.65. The van der Waals surface area contributed by atoms with Crippen molar-refractivity contribution >= 4 is 9.84 Å². The van der Waals surface area contributed by atoms with Gasteiger partial charge >= 0.3 is 0 Å². The molecule has 0 radical (unpaired) electrons. The van der Waals surface area contributed by atoms with Crippen LogP contribution in [0, 0.1) is 0 Å². The molecule has 2 aromatic rings. The van der Waals surface area contributed by atoms with Crippen molar-refractivity contribution in [2.45, 2.75) is 17.9 Å². The van der Waals surface area contributed by atoms with Gasteiger partial charge in [-0.25, -0.2) is 8.42 Å². The van der Waals surface area contributed by atoms with Crippen molar-refractivity contribution in [3.05, 3.63) is 42.0 Å². The molecule has 0 aliphatic rings. The first kappa shape index (κ1) is 12.7. The fourth-order valence-corrected chi connectivity index (χ4v) is 2.70. The number of hydrogen-bond donors (Lipinski definition) is 1. The van der Waals surface area contributed by atoms with Gasteiger partial charge in [-0.1, -0.05) is 23.4 Å². The van der Waals surface area contributed by atoms with E-state index in [1.807, 2.05) is 0 Å². The first-order valence-corrected chi connectivity index (χ1v) is 7.06. The monoisotopic (exact) mass is 267 g/mol. The highest BCUT2D eigenvalue weighted by molar-refractivity contribution is 7.91. The van der Waals surface area contributed by atoms with Gasteiger partial charge in [-0.3, -0.25) is 0 Å². The van der Waals surface area contributed by atoms with Crippen LogP contribution in [-0.2, 0) is 22.8 Å². The molecule has 0 fully saturated rings. The maximum absolute atomic E-state index is 12.0. The van der Waals surface area contributed by atoms with Gasteiger partial charge in [-0.05, 0) is 12.1 Å². The van der Waals surface area contributed by atoms with E-state index in [4.69, 9.17) is 10.3 Å². The van der Waals surface area contributed by atoms with Crippen molar-refractivity contribution in [2.75, 3.05) is 5.75 Å². The van der Waals surface area contributed by atoms with E-state index in [-0.39, 0.29) is 18.7 Å². The summed E-state index contributed by atoms with van der Waals surface area (Å²) in [5.41, 5.74) is 5.32. The Labute approximate surface area is 105 Å². The van der Waals surface area contributed by atoms with E-state index in [1.165, 1.54) is 0 Å². The summed E-state index contributed by atoms with van der Waals surface area (Å²) in [4.78, 5) is 4.26. The molecule has 0 bridgehead atoms. The third kappa shape index (κ3) is 2.93. The summed E-state index contributed by atoms with van der Waals surface area (Å²) in [7, 11) is -3.31. The molecule has 0 saturated carbocycles. The molecule has 6 nitrogen and oxygen atoms in total. The molecule has 1 aromatic heterocycles. The van der Waals surface area contributed by atoms with Crippen LogP contribution in [0.2, 0.25) is 0 Å². The van der Waals surface area contributed by atoms with E-state index in [0.717, 1.165) is 0 Å². The predicted molar refractivity (Wildman–Crippen MR) is 64.4 cm³/mol. The molecule has 7 heteroatoms. The smallest absolute Gasteiger partial charge is 0.240 e. The molecule has 18 heavy (non-hydrogen) atoms. The SMILES string of the molecule is NCc1nc(CCS(=O)(=O)c2ccccc2)no1. The van der Waals surface area contributed by atoms with Crippen molar-refractivity contribution in [1.29, 1.82) is 0 Å². The van der Waals surface area contributed by atoms with E-state index in [9.17, 15) is 8.42 Å². The molecule has 0 spiro atoms. The van der Waals surface area contributed by atoms with Crippen molar-refractivity contribution < 1.29 is 12.9 Å². The molecule has 0 saturated heterocycles. The van der Waals surface area contributed by atoms with Crippen LogP contribution < -0.4 is 5.73 Å². The minimum absolute atomic E-state index is 0.0550. The standard InChI is InChI=1S/C11H13N3O3S/c12-8-11-13-10(14-17-11)6-7-18(15,16)9-4-2-1-3-5-9/h1-5H,6-8,12H2. The zero-order valence-electron chi connectivity index (χ0n) is 9.61. The third-order valence-electron chi connectivity index (χ3n) is 2.38. The van der Waals surface area contributed by atoms with Gasteiger partial charge in [0.15, 0.2) is 15.7 Å². The van der Waals surface area contributed by atoms with E-state index < -0.39 is 9.84 Å². The number of rotatable bonds is 5. The Bertz CT molecular complexity index is 607. The third-order valence-corrected chi connectivity index (χ3v) is 4.11.